The summed E-state index contributed by atoms with van der Waals surface area (Å²) in [7, 11) is 4.87. The first-order valence-corrected chi connectivity index (χ1v) is 9.34. The molecule has 0 spiro atoms. The van der Waals surface area contributed by atoms with Crippen LogP contribution in [0.4, 0.5) is 0 Å². The Labute approximate surface area is 164 Å². The van der Waals surface area contributed by atoms with Gasteiger partial charge in [-0.25, -0.2) is 0 Å². The summed E-state index contributed by atoms with van der Waals surface area (Å²) >= 11 is 0. The van der Waals surface area contributed by atoms with E-state index in [0.29, 0.717) is 17.2 Å². The van der Waals surface area contributed by atoms with Gasteiger partial charge in [-0.05, 0) is 48.7 Å². The summed E-state index contributed by atoms with van der Waals surface area (Å²) in [4.78, 5) is 18.4. The molecule has 1 atom stereocenters. The molecular formula is C22H24N2O4. The van der Waals surface area contributed by atoms with E-state index in [0.717, 1.165) is 41.6 Å². The second-order valence-corrected chi connectivity index (χ2v) is 6.91. The first-order chi connectivity index (χ1) is 13.6. The van der Waals surface area contributed by atoms with Crippen LogP contribution in [0.5, 0.6) is 17.2 Å². The van der Waals surface area contributed by atoms with E-state index in [9.17, 15) is 4.79 Å². The highest BCUT2D eigenvalue weighted by Crippen LogP contribution is 2.37. The minimum Gasteiger partial charge on any atom is -0.497 e. The van der Waals surface area contributed by atoms with Gasteiger partial charge in [0.1, 0.15) is 11.4 Å². The van der Waals surface area contributed by atoms with E-state index in [1.165, 1.54) is 0 Å². The fourth-order valence-electron chi connectivity index (χ4n) is 3.92. The van der Waals surface area contributed by atoms with Crippen LogP contribution in [-0.4, -0.2) is 43.7 Å². The van der Waals surface area contributed by atoms with Crippen LogP contribution >= 0.6 is 0 Å². The number of methoxy groups -OCH3 is 3. The minimum atomic E-state index is 0.00690. The number of amides is 1. The molecule has 1 aliphatic heterocycles. The van der Waals surface area contributed by atoms with E-state index in [1.54, 1.807) is 21.3 Å². The number of aromatic amines is 1. The molecule has 6 nitrogen and oxygen atoms in total. The molecule has 28 heavy (non-hydrogen) atoms. The number of carbonyl (C=O) groups is 1. The maximum absolute atomic E-state index is 13.2. The highest BCUT2D eigenvalue weighted by Gasteiger charge is 2.32. The Hall–Kier alpha value is -3.15. The Morgan fingerprint density at radius 1 is 1.00 bits per heavy atom. The number of nitrogens with zero attached hydrogens (tertiary/aromatic N) is 1. The number of likely N-dealkylation sites (tertiary alicyclic amines) is 1. The number of fused-ring (bicyclic) bond motifs is 1. The van der Waals surface area contributed by atoms with Crippen LogP contribution < -0.4 is 14.2 Å². The van der Waals surface area contributed by atoms with Crippen molar-refractivity contribution in [2.75, 3.05) is 27.9 Å². The molecule has 1 aliphatic rings. The van der Waals surface area contributed by atoms with Crippen molar-refractivity contribution in [1.29, 1.82) is 0 Å². The van der Waals surface area contributed by atoms with Crippen LogP contribution in [0.1, 0.15) is 34.9 Å². The molecule has 0 radical (unpaired) electrons. The molecule has 2 aromatic carbocycles. The van der Waals surface area contributed by atoms with Gasteiger partial charge in [-0.3, -0.25) is 4.79 Å². The highest BCUT2D eigenvalue weighted by molar-refractivity contribution is 5.98. The quantitative estimate of drug-likeness (QED) is 0.722. The molecule has 0 saturated carbocycles. The van der Waals surface area contributed by atoms with Crippen LogP contribution in [0.15, 0.2) is 42.5 Å². The largest absolute Gasteiger partial charge is 0.497 e. The average molecular weight is 380 g/mol. The first kappa shape index (κ1) is 18.2. The van der Waals surface area contributed by atoms with Crippen LogP contribution in [0.2, 0.25) is 0 Å². The number of rotatable bonds is 5. The third-order valence-corrected chi connectivity index (χ3v) is 5.37. The van der Waals surface area contributed by atoms with Crippen molar-refractivity contribution in [3.8, 4) is 17.2 Å². The predicted octanol–water partition coefficient (Wildman–Crippen LogP) is 4.17. The Morgan fingerprint density at radius 3 is 2.57 bits per heavy atom. The summed E-state index contributed by atoms with van der Waals surface area (Å²) in [6, 6.07) is 13.5. The first-order valence-electron chi connectivity index (χ1n) is 9.34. The van der Waals surface area contributed by atoms with Crippen LogP contribution in [-0.2, 0) is 0 Å². The van der Waals surface area contributed by atoms with Crippen molar-refractivity contribution < 1.29 is 19.0 Å². The van der Waals surface area contributed by atoms with E-state index >= 15 is 0 Å². The van der Waals surface area contributed by atoms with Gasteiger partial charge in [0, 0.05) is 23.5 Å². The standard InChI is InChI=1S/C22H24N2O4/c1-26-16-8-6-14-11-18(23-17(14)13-16)22(25)24-10-4-5-19(24)15-7-9-20(27-2)21(12-15)28-3/h6-9,11-13,19,23H,4-5,10H2,1-3H3/t19-/m1/s1. The number of ether oxygens (including phenoxy) is 3. The van der Waals surface area contributed by atoms with E-state index in [-0.39, 0.29) is 11.9 Å². The van der Waals surface area contributed by atoms with Crippen LogP contribution in [0.3, 0.4) is 0 Å². The lowest BCUT2D eigenvalue weighted by molar-refractivity contribution is 0.0730. The molecular weight excluding hydrogens is 356 g/mol. The Morgan fingerprint density at radius 2 is 1.82 bits per heavy atom. The van der Waals surface area contributed by atoms with Gasteiger partial charge in [-0.2, -0.15) is 0 Å². The van der Waals surface area contributed by atoms with E-state index < -0.39 is 0 Å². The Balaban J connectivity index is 1.63. The maximum Gasteiger partial charge on any atom is 0.270 e. The van der Waals surface area contributed by atoms with Gasteiger partial charge < -0.3 is 24.1 Å². The van der Waals surface area contributed by atoms with Crippen molar-refractivity contribution >= 4 is 16.8 Å². The second kappa shape index (κ2) is 7.46. The molecule has 1 amide bonds. The lowest BCUT2D eigenvalue weighted by Gasteiger charge is -2.25. The van der Waals surface area contributed by atoms with Gasteiger partial charge in [0.05, 0.1) is 27.4 Å². The normalized spacial score (nSPS) is 16.4. The molecule has 6 heteroatoms. The molecule has 0 bridgehead atoms. The molecule has 146 valence electrons. The zero-order chi connectivity index (χ0) is 19.7. The molecule has 0 unspecified atom stereocenters. The molecule has 0 aliphatic carbocycles. The molecule has 1 fully saturated rings. The number of aromatic nitrogens is 1. The Bertz CT molecular complexity index is 1010. The number of benzene rings is 2. The van der Waals surface area contributed by atoms with Gasteiger partial charge in [-0.1, -0.05) is 6.07 Å². The monoisotopic (exact) mass is 380 g/mol. The zero-order valence-corrected chi connectivity index (χ0v) is 16.3. The summed E-state index contributed by atoms with van der Waals surface area (Å²) in [5.41, 5.74) is 2.54. The fourth-order valence-corrected chi connectivity index (χ4v) is 3.92. The predicted molar refractivity (Wildman–Crippen MR) is 107 cm³/mol. The van der Waals surface area contributed by atoms with Crippen molar-refractivity contribution in [3.63, 3.8) is 0 Å². The Kier molecular flexibility index (Phi) is 4.86. The molecule has 1 aromatic heterocycles. The lowest BCUT2D eigenvalue weighted by Crippen LogP contribution is -2.30. The number of hydrogen-bond acceptors (Lipinski definition) is 4. The number of H-pyrrole nitrogens is 1. The van der Waals surface area contributed by atoms with E-state index in [1.807, 2.05) is 47.4 Å². The molecule has 1 N–H and O–H groups in total. The highest BCUT2D eigenvalue weighted by atomic mass is 16.5. The number of hydrogen-bond donors (Lipinski definition) is 1. The molecule has 3 aromatic rings. The summed E-state index contributed by atoms with van der Waals surface area (Å²) in [5, 5.41) is 0.992. The van der Waals surface area contributed by atoms with Gasteiger partial charge >= 0.3 is 0 Å². The third-order valence-electron chi connectivity index (χ3n) is 5.37. The van der Waals surface area contributed by atoms with Crippen LogP contribution in [0.25, 0.3) is 10.9 Å². The van der Waals surface area contributed by atoms with Gasteiger partial charge in [0.15, 0.2) is 11.5 Å². The van der Waals surface area contributed by atoms with Crippen molar-refractivity contribution in [3.05, 3.63) is 53.7 Å². The van der Waals surface area contributed by atoms with Crippen molar-refractivity contribution in [2.45, 2.75) is 18.9 Å². The average Bonchev–Trinajstić information content (AvgIpc) is 3.39. The van der Waals surface area contributed by atoms with Gasteiger partial charge in [0.2, 0.25) is 0 Å². The molecule has 2 heterocycles. The SMILES string of the molecule is COc1ccc2cc(C(=O)N3CCC[C@@H]3c3ccc(OC)c(OC)c3)[nH]c2c1. The van der Waals surface area contributed by atoms with Crippen LogP contribution in [0, 0.1) is 0 Å². The van der Waals surface area contributed by atoms with Gasteiger partial charge in [0.25, 0.3) is 5.91 Å². The van der Waals surface area contributed by atoms with E-state index in [2.05, 4.69) is 4.98 Å². The maximum atomic E-state index is 13.2. The lowest BCUT2D eigenvalue weighted by atomic mass is 10.0. The number of nitrogens with one attached hydrogen (secondary N) is 1. The summed E-state index contributed by atoms with van der Waals surface area (Å²) < 4.78 is 16.0. The summed E-state index contributed by atoms with van der Waals surface area (Å²) in [6.45, 7) is 0.733. The molecule has 1 saturated heterocycles. The smallest absolute Gasteiger partial charge is 0.270 e. The zero-order valence-electron chi connectivity index (χ0n) is 16.3. The number of carbonyl (C=O) groups excluding carboxylic acids is 1. The topological polar surface area (TPSA) is 63.8 Å². The van der Waals surface area contributed by atoms with Gasteiger partial charge in [-0.15, -0.1) is 0 Å². The minimum absolute atomic E-state index is 0.00690. The summed E-state index contributed by atoms with van der Waals surface area (Å²) in [5.74, 6) is 2.13. The van der Waals surface area contributed by atoms with Crippen molar-refractivity contribution in [2.24, 2.45) is 0 Å². The summed E-state index contributed by atoms with van der Waals surface area (Å²) in [6.07, 6.45) is 1.90. The second-order valence-electron chi connectivity index (χ2n) is 6.91. The van der Waals surface area contributed by atoms with E-state index in [4.69, 9.17) is 14.2 Å². The third kappa shape index (κ3) is 3.15. The van der Waals surface area contributed by atoms with Crippen molar-refractivity contribution in [1.82, 2.24) is 9.88 Å². The fraction of sp³-hybridized carbons (Fsp3) is 0.318. The molecule has 4 rings (SSSR count).